The zero-order chi connectivity index (χ0) is 16.1. The molecule has 0 saturated heterocycles. The van der Waals surface area contributed by atoms with Crippen LogP contribution >= 0.6 is 11.6 Å². The van der Waals surface area contributed by atoms with E-state index in [0.29, 0.717) is 24.7 Å². The summed E-state index contributed by atoms with van der Waals surface area (Å²) in [5.41, 5.74) is 1.57. The number of hydrogen-bond acceptors (Lipinski definition) is 3. The number of nitrogens with zero attached hydrogens (tertiary/aromatic N) is 4. The molecule has 1 heterocycles. The number of rotatable bonds is 6. The highest BCUT2D eigenvalue weighted by molar-refractivity contribution is 6.30. The molecule has 0 radical (unpaired) electrons. The lowest BCUT2D eigenvalue weighted by Crippen LogP contribution is -2.33. The minimum Gasteiger partial charge on any atom is -0.285 e. The summed E-state index contributed by atoms with van der Waals surface area (Å²) in [7, 11) is 0. The molecule has 2 rings (SSSR count). The molecule has 0 aliphatic heterocycles. The van der Waals surface area contributed by atoms with E-state index < -0.39 is 0 Å². The summed E-state index contributed by atoms with van der Waals surface area (Å²) in [4.78, 5) is 14.7. The lowest BCUT2D eigenvalue weighted by Gasteiger charge is -2.18. The molecule has 22 heavy (non-hydrogen) atoms. The van der Waals surface area contributed by atoms with Crippen LogP contribution in [0.25, 0.3) is 5.69 Å². The van der Waals surface area contributed by atoms with Gasteiger partial charge in [0.25, 0.3) is 0 Å². The van der Waals surface area contributed by atoms with E-state index in [1.165, 1.54) is 0 Å². The minimum absolute atomic E-state index is 0.0877. The van der Waals surface area contributed by atoms with E-state index in [0.717, 1.165) is 17.9 Å². The van der Waals surface area contributed by atoms with Gasteiger partial charge in [-0.3, -0.25) is 14.0 Å². The fourth-order valence-electron chi connectivity index (χ4n) is 2.38. The Morgan fingerprint density at radius 2 is 2.00 bits per heavy atom. The zero-order valence-corrected chi connectivity index (χ0v) is 13.5. The molecule has 1 aromatic heterocycles. The van der Waals surface area contributed by atoms with E-state index >= 15 is 0 Å². The predicted molar refractivity (Wildman–Crippen MR) is 87.3 cm³/mol. The maximum Gasteiger partial charge on any atom is 0.334 e. The maximum absolute atomic E-state index is 12.6. The number of hydrogen-bond donors (Lipinski definition) is 0. The van der Waals surface area contributed by atoms with Crippen molar-refractivity contribution in [3.63, 3.8) is 0 Å². The van der Waals surface area contributed by atoms with Crippen LogP contribution in [-0.2, 0) is 6.67 Å². The number of imidazole rings is 1. The van der Waals surface area contributed by atoms with E-state index in [9.17, 15) is 4.79 Å². The molecule has 0 saturated carbocycles. The van der Waals surface area contributed by atoms with Crippen LogP contribution in [0.4, 0.5) is 0 Å². The van der Waals surface area contributed by atoms with Gasteiger partial charge in [0.1, 0.15) is 0 Å². The molecule has 0 aliphatic rings. The molecule has 0 amide bonds. The molecule has 2 aromatic rings. The molecule has 0 aliphatic carbocycles. The Hall–Kier alpha value is -2.03. The highest BCUT2D eigenvalue weighted by Gasteiger charge is 2.12. The van der Waals surface area contributed by atoms with Gasteiger partial charge in [0.15, 0.2) is 0 Å². The summed E-state index contributed by atoms with van der Waals surface area (Å²) in [5.74, 6) is 0. The van der Waals surface area contributed by atoms with Crippen molar-refractivity contribution in [2.75, 3.05) is 13.1 Å². The summed E-state index contributed by atoms with van der Waals surface area (Å²) in [6.45, 7) is 5.85. The SMILES string of the molecule is CCN(CCC#N)Cn1cc(C)n(-c2ccc(Cl)cc2)c1=O. The van der Waals surface area contributed by atoms with Crippen LogP contribution in [0.3, 0.4) is 0 Å². The normalized spacial score (nSPS) is 10.9. The Morgan fingerprint density at radius 1 is 1.32 bits per heavy atom. The Balaban J connectivity index is 2.29. The number of aryl methyl sites for hydroxylation is 1. The van der Waals surface area contributed by atoms with Gasteiger partial charge >= 0.3 is 5.69 Å². The molecule has 5 nitrogen and oxygen atoms in total. The first-order valence-electron chi connectivity index (χ1n) is 7.20. The molecule has 0 fully saturated rings. The van der Waals surface area contributed by atoms with E-state index in [1.807, 2.05) is 32.2 Å². The Labute approximate surface area is 135 Å². The lowest BCUT2D eigenvalue weighted by atomic mass is 10.3. The van der Waals surface area contributed by atoms with Crippen molar-refractivity contribution in [1.29, 1.82) is 5.26 Å². The molecule has 0 atom stereocenters. The van der Waals surface area contributed by atoms with Gasteiger partial charge in [-0.1, -0.05) is 18.5 Å². The first-order chi connectivity index (χ1) is 10.6. The fourth-order valence-corrected chi connectivity index (χ4v) is 2.50. The maximum atomic E-state index is 12.6. The Bertz CT molecular complexity index is 724. The number of nitriles is 1. The van der Waals surface area contributed by atoms with Gasteiger partial charge in [-0.05, 0) is 37.7 Å². The molecule has 0 unspecified atom stereocenters. The van der Waals surface area contributed by atoms with Crippen molar-refractivity contribution in [3.05, 3.63) is 51.7 Å². The second-order valence-corrected chi connectivity index (χ2v) is 5.53. The average Bonchev–Trinajstić information content (AvgIpc) is 2.79. The Morgan fingerprint density at radius 3 is 2.59 bits per heavy atom. The van der Waals surface area contributed by atoms with Crippen molar-refractivity contribution in [2.45, 2.75) is 26.9 Å². The lowest BCUT2D eigenvalue weighted by molar-refractivity contribution is 0.231. The van der Waals surface area contributed by atoms with Crippen LogP contribution < -0.4 is 5.69 Å². The van der Waals surface area contributed by atoms with Crippen LogP contribution in [0.5, 0.6) is 0 Å². The summed E-state index contributed by atoms with van der Waals surface area (Å²) in [5, 5.41) is 9.33. The van der Waals surface area contributed by atoms with Crippen LogP contribution in [0, 0.1) is 18.3 Å². The quantitative estimate of drug-likeness (QED) is 0.823. The zero-order valence-electron chi connectivity index (χ0n) is 12.8. The topological polar surface area (TPSA) is 54.0 Å². The highest BCUT2D eigenvalue weighted by atomic mass is 35.5. The average molecular weight is 319 g/mol. The number of halogens is 1. The summed E-state index contributed by atoms with van der Waals surface area (Å²) in [6.07, 6.45) is 2.30. The smallest absolute Gasteiger partial charge is 0.285 e. The van der Waals surface area contributed by atoms with Gasteiger partial charge in [-0.25, -0.2) is 4.79 Å². The summed E-state index contributed by atoms with van der Waals surface area (Å²) < 4.78 is 3.33. The van der Waals surface area contributed by atoms with E-state index in [1.54, 1.807) is 21.3 Å². The highest BCUT2D eigenvalue weighted by Crippen LogP contribution is 2.14. The van der Waals surface area contributed by atoms with E-state index in [-0.39, 0.29) is 5.69 Å². The van der Waals surface area contributed by atoms with Crippen LogP contribution in [0.2, 0.25) is 5.02 Å². The predicted octanol–water partition coefficient (Wildman–Crippen LogP) is 2.79. The molecule has 1 aromatic carbocycles. The minimum atomic E-state index is -0.0877. The summed E-state index contributed by atoms with van der Waals surface area (Å²) in [6, 6.07) is 9.33. The van der Waals surface area contributed by atoms with Crippen LogP contribution in [0.1, 0.15) is 19.0 Å². The molecule has 0 spiro atoms. The second-order valence-electron chi connectivity index (χ2n) is 5.09. The van der Waals surface area contributed by atoms with Crippen molar-refractivity contribution in [1.82, 2.24) is 14.0 Å². The van der Waals surface area contributed by atoms with Gasteiger partial charge in [0, 0.05) is 29.9 Å². The van der Waals surface area contributed by atoms with Gasteiger partial charge in [0.2, 0.25) is 0 Å². The van der Waals surface area contributed by atoms with Crippen LogP contribution in [0.15, 0.2) is 35.3 Å². The summed E-state index contributed by atoms with van der Waals surface area (Å²) >= 11 is 5.89. The van der Waals surface area contributed by atoms with Gasteiger partial charge in [-0.15, -0.1) is 0 Å². The molecule has 0 bridgehead atoms. The van der Waals surface area contributed by atoms with Crippen molar-refractivity contribution in [3.8, 4) is 11.8 Å². The van der Waals surface area contributed by atoms with Crippen molar-refractivity contribution >= 4 is 11.6 Å². The molecule has 0 N–H and O–H groups in total. The third kappa shape index (κ3) is 3.59. The van der Waals surface area contributed by atoms with Gasteiger partial charge in [0.05, 0.1) is 18.4 Å². The molecular weight excluding hydrogens is 300 g/mol. The first kappa shape index (κ1) is 16.3. The third-order valence-electron chi connectivity index (χ3n) is 3.56. The van der Waals surface area contributed by atoms with Crippen LogP contribution in [-0.4, -0.2) is 27.1 Å². The van der Waals surface area contributed by atoms with Crippen molar-refractivity contribution < 1.29 is 0 Å². The Kier molecular flexibility index (Phi) is 5.42. The largest absolute Gasteiger partial charge is 0.334 e. The molecular formula is C16H19ClN4O. The number of aromatic nitrogens is 2. The van der Waals surface area contributed by atoms with Gasteiger partial charge < -0.3 is 0 Å². The standard InChI is InChI=1S/C16H19ClN4O/c1-3-19(10-4-9-18)12-20-11-13(2)21(16(20)22)15-7-5-14(17)6-8-15/h5-8,11H,3-4,10,12H2,1-2H3. The second kappa shape index (κ2) is 7.30. The molecule has 6 heteroatoms. The first-order valence-corrected chi connectivity index (χ1v) is 7.58. The van der Waals surface area contributed by atoms with E-state index in [4.69, 9.17) is 16.9 Å². The third-order valence-corrected chi connectivity index (χ3v) is 3.81. The van der Waals surface area contributed by atoms with Gasteiger partial charge in [-0.2, -0.15) is 5.26 Å². The monoisotopic (exact) mass is 318 g/mol. The molecule has 116 valence electrons. The number of benzene rings is 1. The van der Waals surface area contributed by atoms with Crippen molar-refractivity contribution in [2.24, 2.45) is 0 Å². The fraction of sp³-hybridized carbons (Fsp3) is 0.375. The van der Waals surface area contributed by atoms with E-state index in [2.05, 4.69) is 11.0 Å².